The van der Waals surface area contributed by atoms with Gasteiger partial charge in [0.15, 0.2) is 5.79 Å². The van der Waals surface area contributed by atoms with Gasteiger partial charge in [0, 0.05) is 50.9 Å². The summed E-state index contributed by atoms with van der Waals surface area (Å²) in [4.78, 5) is 29.2. The van der Waals surface area contributed by atoms with Crippen LogP contribution in [-0.2, 0) is 19.1 Å². The van der Waals surface area contributed by atoms with Gasteiger partial charge in [-0.3, -0.25) is 9.59 Å². The summed E-state index contributed by atoms with van der Waals surface area (Å²) in [6.07, 6.45) is 4.91. The minimum absolute atomic E-state index is 0.0835. The van der Waals surface area contributed by atoms with Crippen LogP contribution in [0, 0.1) is 11.8 Å². The lowest BCUT2D eigenvalue weighted by Crippen LogP contribution is -2.49. The summed E-state index contributed by atoms with van der Waals surface area (Å²) in [7, 11) is 0. The Morgan fingerprint density at radius 3 is 2.00 bits per heavy atom. The van der Waals surface area contributed by atoms with E-state index in [1.165, 1.54) is 0 Å². The highest BCUT2D eigenvalue weighted by Crippen LogP contribution is 2.35. The molecule has 2 amide bonds. The summed E-state index contributed by atoms with van der Waals surface area (Å²) < 4.78 is 11.5. The minimum Gasteiger partial charge on any atom is -0.347 e. The fraction of sp³-hybridized carbons (Fsp3) is 0.895. The molecule has 0 aromatic heterocycles. The average Bonchev–Trinajstić information content (AvgIpc) is 3.11. The summed E-state index contributed by atoms with van der Waals surface area (Å²) in [6.45, 7) is 8.36. The van der Waals surface area contributed by atoms with Crippen LogP contribution >= 0.6 is 0 Å². The van der Waals surface area contributed by atoms with Crippen LogP contribution in [0.3, 0.4) is 0 Å². The summed E-state index contributed by atoms with van der Waals surface area (Å²) in [6, 6.07) is 0. The normalized spacial score (nSPS) is 29.0. The van der Waals surface area contributed by atoms with Crippen LogP contribution in [0.25, 0.3) is 0 Å². The molecule has 2 heterocycles. The number of likely N-dealkylation sites (tertiary alicyclic amines) is 1. The Morgan fingerprint density at radius 1 is 0.960 bits per heavy atom. The lowest BCUT2D eigenvalue weighted by molar-refractivity contribution is -0.188. The van der Waals surface area contributed by atoms with Gasteiger partial charge < -0.3 is 19.3 Å². The lowest BCUT2D eigenvalue weighted by atomic mass is 9.80. The molecule has 0 radical (unpaired) electrons. The number of amides is 2. The van der Waals surface area contributed by atoms with E-state index in [2.05, 4.69) is 0 Å². The predicted octanol–water partition coefficient (Wildman–Crippen LogP) is 2.03. The monoisotopic (exact) mass is 352 g/mol. The van der Waals surface area contributed by atoms with Gasteiger partial charge in [0.05, 0.1) is 13.2 Å². The van der Waals surface area contributed by atoms with Crippen molar-refractivity contribution in [3.63, 3.8) is 0 Å². The zero-order valence-corrected chi connectivity index (χ0v) is 15.7. The van der Waals surface area contributed by atoms with Gasteiger partial charge in [0.1, 0.15) is 0 Å². The van der Waals surface area contributed by atoms with E-state index >= 15 is 0 Å². The van der Waals surface area contributed by atoms with Crippen LogP contribution in [0.15, 0.2) is 0 Å². The maximum atomic E-state index is 12.8. The molecule has 1 spiro atoms. The van der Waals surface area contributed by atoms with Crippen molar-refractivity contribution in [3.05, 3.63) is 0 Å². The number of rotatable bonds is 4. The Kier molecular flexibility index (Phi) is 6.00. The molecule has 3 aliphatic rings. The molecule has 3 fully saturated rings. The second-order valence-electron chi connectivity index (χ2n) is 7.49. The van der Waals surface area contributed by atoms with E-state index in [4.69, 9.17) is 9.47 Å². The van der Waals surface area contributed by atoms with Gasteiger partial charge in [-0.2, -0.15) is 0 Å². The molecule has 142 valence electrons. The number of nitrogens with zero attached hydrogens (tertiary/aromatic N) is 2. The first-order chi connectivity index (χ1) is 12.1. The van der Waals surface area contributed by atoms with Crippen molar-refractivity contribution in [1.29, 1.82) is 0 Å². The molecule has 25 heavy (non-hydrogen) atoms. The van der Waals surface area contributed by atoms with Crippen LogP contribution in [0.5, 0.6) is 0 Å². The van der Waals surface area contributed by atoms with Gasteiger partial charge in [-0.1, -0.05) is 0 Å². The molecule has 1 aliphatic carbocycles. The van der Waals surface area contributed by atoms with Crippen molar-refractivity contribution in [1.82, 2.24) is 9.80 Å². The van der Waals surface area contributed by atoms with Crippen LogP contribution in [0.2, 0.25) is 0 Å². The van der Waals surface area contributed by atoms with Crippen molar-refractivity contribution in [2.45, 2.75) is 58.2 Å². The molecule has 0 unspecified atom stereocenters. The first kappa shape index (κ1) is 18.6. The van der Waals surface area contributed by atoms with Gasteiger partial charge in [0.2, 0.25) is 11.8 Å². The quantitative estimate of drug-likeness (QED) is 0.777. The number of ether oxygens (including phenoxy) is 2. The molecule has 0 aromatic rings. The second kappa shape index (κ2) is 8.04. The first-order valence-electron chi connectivity index (χ1n) is 9.94. The number of piperidine rings is 1. The van der Waals surface area contributed by atoms with Crippen LogP contribution in [0.4, 0.5) is 0 Å². The average molecular weight is 352 g/mol. The highest BCUT2D eigenvalue weighted by molar-refractivity contribution is 5.81. The van der Waals surface area contributed by atoms with E-state index in [1.807, 2.05) is 23.6 Å². The maximum Gasteiger partial charge on any atom is 0.225 e. The Hall–Kier alpha value is -1.14. The minimum atomic E-state index is -0.426. The second-order valence-corrected chi connectivity index (χ2v) is 7.49. The van der Waals surface area contributed by atoms with Crippen LogP contribution < -0.4 is 0 Å². The van der Waals surface area contributed by atoms with E-state index in [1.54, 1.807) is 0 Å². The van der Waals surface area contributed by atoms with Gasteiger partial charge >= 0.3 is 0 Å². The molecule has 6 heteroatoms. The Morgan fingerprint density at radius 2 is 1.48 bits per heavy atom. The molecule has 6 nitrogen and oxygen atoms in total. The van der Waals surface area contributed by atoms with Crippen molar-refractivity contribution >= 4 is 11.8 Å². The van der Waals surface area contributed by atoms with E-state index in [9.17, 15) is 9.59 Å². The Balaban J connectivity index is 1.46. The molecule has 0 bridgehead atoms. The number of hydrogen-bond donors (Lipinski definition) is 0. The maximum absolute atomic E-state index is 12.8. The van der Waals surface area contributed by atoms with Gasteiger partial charge in [0.25, 0.3) is 0 Å². The van der Waals surface area contributed by atoms with E-state index < -0.39 is 5.79 Å². The molecular formula is C19H32N2O4. The van der Waals surface area contributed by atoms with Crippen molar-refractivity contribution < 1.29 is 19.1 Å². The first-order valence-corrected chi connectivity index (χ1v) is 9.94. The van der Waals surface area contributed by atoms with Gasteiger partial charge in [-0.25, -0.2) is 0 Å². The fourth-order valence-electron chi connectivity index (χ4n) is 4.49. The predicted molar refractivity (Wildman–Crippen MR) is 93.8 cm³/mol. The highest BCUT2D eigenvalue weighted by Gasteiger charge is 2.42. The lowest BCUT2D eigenvalue weighted by Gasteiger charge is -2.40. The summed E-state index contributed by atoms with van der Waals surface area (Å²) in [5, 5.41) is 0. The molecule has 0 N–H and O–H groups in total. The Bertz CT molecular complexity index is 468. The molecule has 2 aliphatic heterocycles. The SMILES string of the molecule is CCN(CC)C(=O)C1CCC(C(=O)N2CCC3(CC2)OCCO3)CC1. The molecule has 1 saturated carbocycles. The van der Waals surface area contributed by atoms with Crippen LogP contribution in [0.1, 0.15) is 52.4 Å². The largest absolute Gasteiger partial charge is 0.347 e. The number of carbonyl (C=O) groups excluding carboxylic acids is 2. The van der Waals surface area contributed by atoms with Crippen LogP contribution in [-0.4, -0.2) is 66.8 Å². The topological polar surface area (TPSA) is 59.1 Å². The van der Waals surface area contributed by atoms with Crippen molar-refractivity contribution in [3.8, 4) is 0 Å². The van der Waals surface area contributed by atoms with Gasteiger partial charge in [-0.05, 0) is 39.5 Å². The molecular weight excluding hydrogens is 320 g/mol. The van der Waals surface area contributed by atoms with Crippen molar-refractivity contribution in [2.75, 3.05) is 39.4 Å². The highest BCUT2D eigenvalue weighted by atomic mass is 16.7. The standard InChI is InChI=1S/C19H32N2O4/c1-3-20(4-2)17(22)15-5-7-16(8-6-15)18(23)21-11-9-19(10-12-21)24-13-14-25-19/h15-16H,3-14H2,1-2H3. The smallest absolute Gasteiger partial charge is 0.225 e. The Labute approximate surface area is 150 Å². The summed E-state index contributed by atoms with van der Waals surface area (Å²) >= 11 is 0. The van der Waals surface area contributed by atoms with E-state index in [0.29, 0.717) is 13.2 Å². The van der Waals surface area contributed by atoms with Crippen molar-refractivity contribution in [2.24, 2.45) is 11.8 Å². The molecule has 0 atom stereocenters. The molecule has 0 aromatic carbocycles. The third-order valence-corrected chi connectivity index (χ3v) is 6.15. The molecule has 2 saturated heterocycles. The summed E-state index contributed by atoms with van der Waals surface area (Å²) in [5.74, 6) is 0.298. The zero-order valence-electron chi connectivity index (χ0n) is 15.7. The zero-order chi connectivity index (χ0) is 17.9. The van der Waals surface area contributed by atoms with E-state index in [0.717, 1.165) is 64.7 Å². The van der Waals surface area contributed by atoms with Gasteiger partial charge in [-0.15, -0.1) is 0 Å². The summed E-state index contributed by atoms with van der Waals surface area (Å²) in [5.41, 5.74) is 0. The number of carbonyl (C=O) groups is 2. The molecule has 3 rings (SSSR count). The third-order valence-electron chi connectivity index (χ3n) is 6.15. The fourth-order valence-corrected chi connectivity index (χ4v) is 4.49. The number of hydrogen-bond acceptors (Lipinski definition) is 4. The van der Waals surface area contributed by atoms with E-state index in [-0.39, 0.29) is 23.7 Å². The third kappa shape index (κ3) is 4.00.